The monoisotopic (exact) mass is 431 g/mol. The first-order valence-electron chi connectivity index (χ1n) is 10.9. The Balaban J connectivity index is 1.24. The van der Waals surface area contributed by atoms with Crippen LogP contribution in [0.15, 0.2) is 48.5 Å². The average Bonchev–Trinajstić information content (AvgIpc) is 3.05. The topological polar surface area (TPSA) is 30.3 Å². The van der Waals surface area contributed by atoms with Gasteiger partial charge in [0, 0.05) is 7.05 Å². The van der Waals surface area contributed by atoms with Crippen molar-refractivity contribution in [3.8, 4) is 5.75 Å². The molecule has 1 aliphatic rings. The van der Waals surface area contributed by atoms with Crippen molar-refractivity contribution < 1.29 is 17.9 Å². The van der Waals surface area contributed by atoms with Gasteiger partial charge in [-0.2, -0.15) is 0 Å². The van der Waals surface area contributed by atoms with Crippen molar-refractivity contribution in [2.45, 2.75) is 45.0 Å². The van der Waals surface area contributed by atoms with E-state index >= 15 is 0 Å². The Morgan fingerprint density at radius 2 is 1.74 bits per heavy atom. The fourth-order valence-electron chi connectivity index (χ4n) is 4.49. The lowest BCUT2D eigenvalue weighted by Crippen LogP contribution is -2.34. The van der Waals surface area contributed by atoms with E-state index < -0.39 is 6.36 Å². The highest BCUT2D eigenvalue weighted by Crippen LogP contribution is 2.29. The fraction of sp³-hybridized carbons (Fsp3) is 0.458. The maximum atomic E-state index is 12.6. The molecule has 1 aromatic heterocycles. The number of benzene rings is 2. The van der Waals surface area contributed by atoms with Crippen LogP contribution >= 0.6 is 0 Å². The minimum Gasteiger partial charge on any atom is -0.406 e. The van der Waals surface area contributed by atoms with E-state index in [2.05, 4.69) is 27.3 Å². The van der Waals surface area contributed by atoms with Gasteiger partial charge in [-0.05, 0) is 68.5 Å². The molecule has 1 aliphatic heterocycles. The van der Waals surface area contributed by atoms with Crippen molar-refractivity contribution >= 4 is 11.0 Å². The number of hydrogen-bond acceptors (Lipinski definition) is 3. The smallest absolute Gasteiger partial charge is 0.406 e. The molecule has 1 fully saturated rings. The SMILES string of the molecule is Cn1c(CN2CCC(CCCc3ccccc3OC(F)(F)F)CC2)nc2ccccc21. The van der Waals surface area contributed by atoms with Crippen molar-refractivity contribution in [2.24, 2.45) is 13.0 Å². The summed E-state index contributed by atoms with van der Waals surface area (Å²) >= 11 is 0. The summed E-state index contributed by atoms with van der Waals surface area (Å²) < 4.78 is 44.1. The van der Waals surface area contributed by atoms with Gasteiger partial charge in [-0.15, -0.1) is 13.2 Å². The molecule has 0 radical (unpaired) electrons. The summed E-state index contributed by atoms with van der Waals surface area (Å²) in [7, 11) is 2.07. The Morgan fingerprint density at radius 1 is 1.03 bits per heavy atom. The predicted octanol–water partition coefficient (Wildman–Crippen LogP) is 5.71. The third-order valence-corrected chi connectivity index (χ3v) is 6.21. The summed E-state index contributed by atoms with van der Waals surface area (Å²) in [6, 6.07) is 14.6. The van der Waals surface area contributed by atoms with Crippen molar-refractivity contribution in [1.82, 2.24) is 14.5 Å². The number of hydrogen-bond donors (Lipinski definition) is 0. The van der Waals surface area contributed by atoms with E-state index in [4.69, 9.17) is 4.98 Å². The third kappa shape index (κ3) is 5.58. The number of piperidine rings is 1. The number of fused-ring (bicyclic) bond motifs is 1. The fourth-order valence-corrected chi connectivity index (χ4v) is 4.49. The number of likely N-dealkylation sites (tertiary alicyclic amines) is 1. The van der Waals surface area contributed by atoms with Crippen molar-refractivity contribution in [3.63, 3.8) is 0 Å². The van der Waals surface area contributed by atoms with Crippen LogP contribution in [0.4, 0.5) is 13.2 Å². The molecule has 166 valence electrons. The van der Waals surface area contributed by atoms with E-state index in [-0.39, 0.29) is 5.75 Å². The van der Waals surface area contributed by atoms with Crippen LogP contribution in [0.5, 0.6) is 5.75 Å². The lowest BCUT2D eigenvalue weighted by molar-refractivity contribution is -0.274. The summed E-state index contributed by atoms with van der Waals surface area (Å²) in [5.74, 6) is 1.63. The number of nitrogens with zero attached hydrogens (tertiary/aromatic N) is 3. The molecule has 7 heteroatoms. The second-order valence-electron chi connectivity index (χ2n) is 8.34. The Labute approximate surface area is 180 Å². The lowest BCUT2D eigenvalue weighted by Gasteiger charge is -2.31. The first-order chi connectivity index (χ1) is 14.9. The van der Waals surface area contributed by atoms with E-state index in [1.54, 1.807) is 18.2 Å². The molecule has 0 unspecified atom stereocenters. The van der Waals surface area contributed by atoms with E-state index in [9.17, 15) is 13.2 Å². The molecule has 0 saturated carbocycles. The molecule has 0 aliphatic carbocycles. The van der Waals surface area contributed by atoms with Gasteiger partial charge in [0.2, 0.25) is 0 Å². The van der Waals surface area contributed by atoms with Gasteiger partial charge in [-0.25, -0.2) is 4.98 Å². The van der Waals surface area contributed by atoms with Gasteiger partial charge in [-0.3, -0.25) is 4.90 Å². The van der Waals surface area contributed by atoms with Crippen molar-refractivity contribution in [1.29, 1.82) is 0 Å². The highest BCUT2D eigenvalue weighted by Gasteiger charge is 2.32. The standard InChI is InChI=1S/C24H28F3N3O/c1-29-21-11-4-3-10-20(21)28-23(29)17-30-15-13-18(14-16-30)7-6-9-19-8-2-5-12-22(19)31-24(25,26)27/h2-5,8,10-12,18H,6-7,9,13-17H2,1H3. The Kier molecular flexibility index (Phi) is 6.51. The minimum atomic E-state index is -4.65. The van der Waals surface area contributed by atoms with Crippen LogP contribution in [0.1, 0.15) is 37.1 Å². The maximum Gasteiger partial charge on any atom is 0.573 e. The Morgan fingerprint density at radius 3 is 2.48 bits per heavy atom. The lowest BCUT2D eigenvalue weighted by atomic mass is 9.90. The molecule has 0 spiro atoms. The number of para-hydroxylation sites is 3. The molecule has 4 rings (SSSR count). The molecule has 31 heavy (non-hydrogen) atoms. The zero-order valence-electron chi connectivity index (χ0n) is 17.7. The third-order valence-electron chi connectivity index (χ3n) is 6.21. The number of ether oxygens (including phenoxy) is 1. The van der Waals surface area contributed by atoms with Gasteiger partial charge in [-0.1, -0.05) is 36.8 Å². The normalized spacial score (nSPS) is 16.1. The summed E-state index contributed by atoms with van der Waals surface area (Å²) in [4.78, 5) is 7.22. The summed E-state index contributed by atoms with van der Waals surface area (Å²) in [5, 5.41) is 0. The van der Waals surface area contributed by atoms with Gasteiger partial charge in [0.05, 0.1) is 17.6 Å². The molecule has 0 atom stereocenters. The average molecular weight is 432 g/mol. The first kappa shape index (κ1) is 21.7. The van der Waals surface area contributed by atoms with Gasteiger partial charge < -0.3 is 9.30 Å². The highest BCUT2D eigenvalue weighted by molar-refractivity contribution is 5.75. The molecular weight excluding hydrogens is 403 g/mol. The van der Waals surface area contributed by atoms with E-state index in [0.717, 1.165) is 62.2 Å². The van der Waals surface area contributed by atoms with Gasteiger partial charge >= 0.3 is 6.36 Å². The van der Waals surface area contributed by atoms with E-state index in [1.165, 1.54) is 6.07 Å². The van der Waals surface area contributed by atoms with Crippen LogP contribution in [0.25, 0.3) is 11.0 Å². The van der Waals surface area contributed by atoms with E-state index in [1.807, 2.05) is 18.2 Å². The van der Waals surface area contributed by atoms with Crippen LogP contribution in [-0.4, -0.2) is 33.9 Å². The maximum absolute atomic E-state index is 12.6. The number of aromatic nitrogens is 2. The van der Waals surface area contributed by atoms with Crippen LogP contribution in [0.3, 0.4) is 0 Å². The Bertz CT molecular complexity index is 1010. The molecule has 1 saturated heterocycles. The number of aryl methyl sites for hydroxylation is 2. The number of imidazole rings is 1. The molecule has 2 aromatic carbocycles. The second kappa shape index (κ2) is 9.30. The zero-order valence-corrected chi connectivity index (χ0v) is 17.7. The van der Waals surface area contributed by atoms with Crippen LogP contribution < -0.4 is 4.74 Å². The summed E-state index contributed by atoms with van der Waals surface area (Å²) in [5.41, 5.74) is 2.81. The number of rotatable bonds is 7. The quantitative estimate of drug-likeness (QED) is 0.480. The molecule has 0 N–H and O–H groups in total. The number of halogens is 3. The predicted molar refractivity (Wildman–Crippen MR) is 115 cm³/mol. The molecule has 2 heterocycles. The van der Waals surface area contributed by atoms with Gasteiger partial charge in [0.1, 0.15) is 11.6 Å². The molecule has 0 amide bonds. The van der Waals surface area contributed by atoms with Gasteiger partial charge in [0.25, 0.3) is 0 Å². The van der Waals surface area contributed by atoms with Gasteiger partial charge in [0.15, 0.2) is 0 Å². The van der Waals surface area contributed by atoms with Crippen LogP contribution in [0.2, 0.25) is 0 Å². The van der Waals surface area contributed by atoms with E-state index in [0.29, 0.717) is 17.9 Å². The molecule has 4 nitrogen and oxygen atoms in total. The highest BCUT2D eigenvalue weighted by atomic mass is 19.4. The largest absolute Gasteiger partial charge is 0.573 e. The summed E-state index contributed by atoms with van der Waals surface area (Å²) in [6.07, 6.45) is 0.0811. The van der Waals surface area contributed by atoms with Crippen LogP contribution in [-0.2, 0) is 20.0 Å². The minimum absolute atomic E-state index is 0.0766. The zero-order chi connectivity index (χ0) is 21.8. The molecular formula is C24H28F3N3O. The first-order valence-corrected chi connectivity index (χ1v) is 10.9. The molecule has 3 aromatic rings. The Hall–Kier alpha value is -2.54. The second-order valence-corrected chi connectivity index (χ2v) is 8.34. The summed E-state index contributed by atoms with van der Waals surface area (Å²) in [6.45, 7) is 2.91. The van der Waals surface area contributed by atoms with Crippen molar-refractivity contribution in [2.75, 3.05) is 13.1 Å². The van der Waals surface area contributed by atoms with Crippen molar-refractivity contribution in [3.05, 3.63) is 59.9 Å². The molecule has 0 bridgehead atoms. The van der Waals surface area contributed by atoms with Crippen LogP contribution in [0, 0.1) is 5.92 Å². The number of alkyl halides is 3.